The lowest BCUT2D eigenvalue weighted by molar-refractivity contribution is 0.367. The predicted molar refractivity (Wildman–Crippen MR) is 99.9 cm³/mol. The van der Waals surface area contributed by atoms with E-state index in [1.54, 1.807) is 0 Å². The maximum atomic E-state index is 14.3. The van der Waals surface area contributed by atoms with Crippen LogP contribution < -0.4 is 5.32 Å². The normalized spacial score (nSPS) is 15.4. The first-order valence-corrected chi connectivity index (χ1v) is 9.61. The van der Waals surface area contributed by atoms with E-state index in [2.05, 4.69) is 10.3 Å². The summed E-state index contributed by atoms with van der Waals surface area (Å²) < 4.78 is 70.8. The number of rotatable bonds is 3. The third-order valence-corrected chi connectivity index (χ3v) is 5.86. The second-order valence-electron chi connectivity index (χ2n) is 6.88. The van der Waals surface area contributed by atoms with E-state index in [4.69, 9.17) is 23.2 Å². The molecular weight excluding hydrogens is 436 g/mol. The number of hydrogen-bond donors (Lipinski definition) is 1. The Labute approximate surface area is 172 Å². The van der Waals surface area contributed by atoms with Crippen LogP contribution in [-0.2, 0) is 6.54 Å². The molecule has 1 fully saturated rings. The van der Waals surface area contributed by atoms with Crippen LogP contribution in [0.3, 0.4) is 0 Å². The molecule has 0 radical (unpaired) electrons. The first-order chi connectivity index (χ1) is 13.8. The summed E-state index contributed by atoms with van der Waals surface area (Å²) in [6.07, 6.45) is 1.42. The summed E-state index contributed by atoms with van der Waals surface area (Å²) in [5, 5.41) is 3.64. The molecule has 1 aliphatic heterocycles. The molecule has 29 heavy (non-hydrogen) atoms. The fourth-order valence-electron chi connectivity index (χ4n) is 3.64. The minimum absolute atomic E-state index is 0.0533. The Kier molecular flexibility index (Phi) is 5.44. The highest BCUT2D eigenvalue weighted by Crippen LogP contribution is 2.34. The van der Waals surface area contributed by atoms with E-state index >= 15 is 0 Å². The van der Waals surface area contributed by atoms with E-state index in [1.165, 1.54) is 16.7 Å². The monoisotopic (exact) mass is 449 g/mol. The highest BCUT2D eigenvalue weighted by molar-refractivity contribution is 6.42. The van der Waals surface area contributed by atoms with Gasteiger partial charge in [-0.3, -0.25) is 0 Å². The van der Waals surface area contributed by atoms with Crippen molar-refractivity contribution in [2.75, 3.05) is 13.1 Å². The Morgan fingerprint density at radius 1 is 0.897 bits per heavy atom. The van der Waals surface area contributed by atoms with Gasteiger partial charge in [-0.1, -0.05) is 23.2 Å². The molecule has 3 nitrogen and oxygen atoms in total. The van der Waals surface area contributed by atoms with Crippen molar-refractivity contribution in [3.8, 4) is 0 Å². The minimum Gasteiger partial charge on any atom is -0.323 e. The standard InChI is InChI=1S/C19H14Cl2F5N3/c20-10-5-12-13(6-11(10)21)29(19(28-12)8-1-3-27-4-2-8)7-9-14(22)16(24)18(26)17(25)15(9)23/h5-6,8,27H,1-4,7H2. The number of piperidine rings is 1. The number of imidazole rings is 1. The Hall–Kier alpha value is -1.90. The van der Waals surface area contributed by atoms with Gasteiger partial charge >= 0.3 is 0 Å². The van der Waals surface area contributed by atoms with Crippen LogP contribution in [0, 0.1) is 29.1 Å². The van der Waals surface area contributed by atoms with Gasteiger partial charge in [0.05, 0.1) is 27.6 Å². The van der Waals surface area contributed by atoms with Crippen molar-refractivity contribution in [1.82, 2.24) is 14.9 Å². The topological polar surface area (TPSA) is 29.9 Å². The van der Waals surface area contributed by atoms with Crippen LogP contribution in [0.15, 0.2) is 12.1 Å². The van der Waals surface area contributed by atoms with Crippen molar-refractivity contribution in [2.45, 2.75) is 25.3 Å². The Morgan fingerprint density at radius 3 is 2.07 bits per heavy atom. The first-order valence-electron chi connectivity index (χ1n) is 8.85. The maximum absolute atomic E-state index is 14.3. The average Bonchev–Trinajstić information content (AvgIpc) is 3.06. The van der Waals surface area contributed by atoms with E-state index in [1.807, 2.05) is 0 Å². The van der Waals surface area contributed by atoms with Crippen molar-refractivity contribution in [3.05, 3.63) is 62.7 Å². The van der Waals surface area contributed by atoms with Gasteiger partial charge in [0.25, 0.3) is 0 Å². The summed E-state index contributed by atoms with van der Waals surface area (Å²) in [5.74, 6) is -9.43. The molecule has 0 atom stereocenters. The summed E-state index contributed by atoms with van der Waals surface area (Å²) >= 11 is 12.1. The molecule has 154 valence electrons. The van der Waals surface area contributed by atoms with Crippen LogP contribution in [-0.4, -0.2) is 22.6 Å². The number of fused-ring (bicyclic) bond motifs is 1. The number of hydrogen-bond acceptors (Lipinski definition) is 2. The van der Waals surface area contributed by atoms with Crippen LogP contribution in [0.1, 0.15) is 30.1 Å². The molecular formula is C19H14Cl2F5N3. The second kappa shape index (κ2) is 7.74. The average molecular weight is 450 g/mol. The molecule has 0 bridgehead atoms. The molecule has 0 amide bonds. The molecule has 0 saturated carbocycles. The van der Waals surface area contributed by atoms with Crippen molar-refractivity contribution >= 4 is 34.2 Å². The van der Waals surface area contributed by atoms with Crippen molar-refractivity contribution in [2.24, 2.45) is 0 Å². The third-order valence-electron chi connectivity index (χ3n) is 5.14. The van der Waals surface area contributed by atoms with Crippen molar-refractivity contribution in [3.63, 3.8) is 0 Å². The van der Waals surface area contributed by atoms with Gasteiger partial charge in [-0.05, 0) is 38.1 Å². The van der Waals surface area contributed by atoms with Gasteiger partial charge in [0, 0.05) is 11.5 Å². The predicted octanol–water partition coefficient (Wildman–Crippen LogP) is 5.55. The maximum Gasteiger partial charge on any atom is 0.200 e. The van der Waals surface area contributed by atoms with E-state index in [0.717, 1.165) is 13.1 Å². The fourth-order valence-corrected chi connectivity index (χ4v) is 3.96. The largest absolute Gasteiger partial charge is 0.323 e. The number of aromatic nitrogens is 2. The van der Waals surface area contributed by atoms with Gasteiger partial charge in [-0.2, -0.15) is 0 Å². The molecule has 0 unspecified atom stereocenters. The van der Waals surface area contributed by atoms with Crippen molar-refractivity contribution < 1.29 is 22.0 Å². The lowest BCUT2D eigenvalue weighted by Crippen LogP contribution is -2.28. The van der Waals surface area contributed by atoms with E-state index < -0.39 is 41.2 Å². The first kappa shape index (κ1) is 20.4. The second-order valence-corrected chi connectivity index (χ2v) is 7.70. The third kappa shape index (κ3) is 3.47. The van der Waals surface area contributed by atoms with E-state index in [9.17, 15) is 22.0 Å². The van der Waals surface area contributed by atoms with Crippen LogP contribution in [0.4, 0.5) is 22.0 Å². The summed E-state index contributed by atoms with van der Waals surface area (Å²) in [7, 11) is 0. The molecule has 0 aliphatic carbocycles. The number of halogens is 7. The van der Waals surface area contributed by atoms with Gasteiger partial charge in [0.1, 0.15) is 5.82 Å². The molecule has 1 aromatic heterocycles. The summed E-state index contributed by atoms with van der Waals surface area (Å²) in [5.41, 5.74) is -0.101. The summed E-state index contributed by atoms with van der Waals surface area (Å²) in [4.78, 5) is 4.54. The van der Waals surface area contributed by atoms with Crippen molar-refractivity contribution in [1.29, 1.82) is 0 Å². The molecule has 3 aromatic rings. The lowest BCUT2D eigenvalue weighted by Gasteiger charge is -2.23. The molecule has 1 saturated heterocycles. The smallest absolute Gasteiger partial charge is 0.200 e. The molecule has 2 heterocycles. The molecule has 10 heteroatoms. The molecule has 1 N–H and O–H groups in total. The fraction of sp³-hybridized carbons (Fsp3) is 0.316. The minimum atomic E-state index is -2.19. The van der Waals surface area contributed by atoms with Crippen LogP contribution in [0.5, 0.6) is 0 Å². The van der Waals surface area contributed by atoms with Gasteiger partial charge in [0.2, 0.25) is 5.82 Å². The number of benzene rings is 2. The Bertz CT molecular complexity index is 1080. The number of nitrogens with one attached hydrogen (secondary N) is 1. The van der Waals surface area contributed by atoms with Crippen LogP contribution in [0.2, 0.25) is 10.0 Å². The lowest BCUT2D eigenvalue weighted by atomic mass is 9.97. The van der Waals surface area contributed by atoms with E-state index in [0.29, 0.717) is 29.7 Å². The zero-order valence-corrected chi connectivity index (χ0v) is 16.3. The molecule has 2 aromatic carbocycles. The van der Waals surface area contributed by atoms with Gasteiger partial charge in [0.15, 0.2) is 23.3 Å². The molecule has 4 rings (SSSR count). The number of nitrogens with zero attached hydrogens (tertiary/aromatic N) is 2. The zero-order valence-electron chi connectivity index (χ0n) is 14.8. The Morgan fingerprint density at radius 2 is 1.45 bits per heavy atom. The molecule has 1 aliphatic rings. The van der Waals surface area contributed by atoms with Crippen LogP contribution in [0.25, 0.3) is 11.0 Å². The van der Waals surface area contributed by atoms with Gasteiger partial charge < -0.3 is 9.88 Å². The highest BCUT2D eigenvalue weighted by Gasteiger charge is 2.29. The zero-order chi connectivity index (χ0) is 20.9. The van der Waals surface area contributed by atoms with Gasteiger partial charge in [-0.25, -0.2) is 26.9 Å². The highest BCUT2D eigenvalue weighted by atomic mass is 35.5. The summed E-state index contributed by atoms with van der Waals surface area (Å²) in [6, 6.07) is 2.99. The van der Waals surface area contributed by atoms with E-state index in [-0.39, 0.29) is 16.0 Å². The van der Waals surface area contributed by atoms with Crippen LogP contribution >= 0.6 is 23.2 Å². The Balaban J connectivity index is 1.92. The quantitative estimate of drug-likeness (QED) is 0.322. The SMILES string of the molecule is Fc1c(F)c(F)c(Cn2c(C3CCNCC3)nc3cc(Cl)c(Cl)cc32)c(F)c1F. The molecule has 0 spiro atoms. The van der Waals surface area contributed by atoms with Gasteiger partial charge in [-0.15, -0.1) is 0 Å². The summed E-state index contributed by atoms with van der Waals surface area (Å²) in [6.45, 7) is 0.856.